The van der Waals surface area contributed by atoms with E-state index in [1.54, 1.807) is 6.20 Å². The topological polar surface area (TPSA) is 109 Å². The van der Waals surface area contributed by atoms with E-state index in [4.69, 9.17) is 4.52 Å². The Kier molecular flexibility index (Phi) is 4.26. The number of H-pyrrole nitrogens is 1. The molecule has 1 saturated heterocycles. The molecule has 1 atom stereocenters. The average molecular weight is 416 g/mol. The van der Waals surface area contributed by atoms with Crippen LogP contribution >= 0.6 is 0 Å². The van der Waals surface area contributed by atoms with Gasteiger partial charge in [-0.25, -0.2) is 9.97 Å². The van der Waals surface area contributed by atoms with Gasteiger partial charge in [-0.3, -0.25) is 5.10 Å². The molecule has 154 valence electrons. The molecule has 0 bridgehead atoms. The van der Waals surface area contributed by atoms with Crippen molar-refractivity contribution in [2.75, 3.05) is 23.3 Å². The van der Waals surface area contributed by atoms with E-state index in [2.05, 4.69) is 35.6 Å². The first-order chi connectivity index (χ1) is 14.5. The smallest absolute Gasteiger partial charge is 0.365 e. The summed E-state index contributed by atoms with van der Waals surface area (Å²) in [7, 11) is 0. The fraction of sp³-hybridized carbons (Fsp3) is 0.278. The first kappa shape index (κ1) is 18.3. The number of nitrogens with zero attached hydrogens (tertiary/aromatic N) is 6. The highest BCUT2D eigenvalue weighted by Crippen LogP contribution is 2.31. The van der Waals surface area contributed by atoms with Crippen molar-refractivity contribution in [2.24, 2.45) is 0 Å². The SMILES string of the molecule is FC(F)(F)c1ccc(-c2nc(N3CC[C@H](Nc4ncnc5[nH]ncc45)C3)no2)cc1. The maximum atomic E-state index is 12.7. The molecule has 0 unspecified atom stereocenters. The van der Waals surface area contributed by atoms with E-state index >= 15 is 0 Å². The van der Waals surface area contributed by atoms with Gasteiger partial charge < -0.3 is 14.7 Å². The van der Waals surface area contributed by atoms with Crippen molar-refractivity contribution in [1.82, 2.24) is 30.3 Å². The van der Waals surface area contributed by atoms with Crippen molar-refractivity contribution in [3.05, 3.63) is 42.4 Å². The second-order valence-corrected chi connectivity index (χ2v) is 6.91. The summed E-state index contributed by atoms with van der Waals surface area (Å²) in [6, 6.07) is 4.73. The third-order valence-electron chi connectivity index (χ3n) is 4.93. The molecule has 0 aliphatic carbocycles. The zero-order chi connectivity index (χ0) is 20.7. The highest BCUT2D eigenvalue weighted by Gasteiger charge is 2.30. The molecule has 5 rings (SSSR count). The van der Waals surface area contributed by atoms with E-state index in [0.717, 1.165) is 23.9 Å². The van der Waals surface area contributed by atoms with E-state index in [1.807, 2.05) is 4.90 Å². The molecule has 0 radical (unpaired) electrons. The van der Waals surface area contributed by atoms with Gasteiger partial charge >= 0.3 is 6.18 Å². The Hall–Kier alpha value is -3.70. The molecule has 30 heavy (non-hydrogen) atoms. The van der Waals surface area contributed by atoms with Crippen LogP contribution in [0.4, 0.5) is 24.9 Å². The summed E-state index contributed by atoms with van der Waals surface area (Å²) >= 11 is 0. The third-order valence-corrected chi connectivity index (χ3v) is 4.93. The molecular formula is C18H15F3N8O. The lowest BCUT2D eigenvalue weighted by Crippen LogP contribution is -2.27. The number of aromatic nitrogens is 6. The summed E-state index contributed by atoms with van der Waals surface area (Å²) in [5.74, 6) is 1.26. The van der Waals surface area contributed by atoms with Gasteiger partial charge in [-0.15, -0.1) is 0 Å². The fourth-order valence-corrected chi connectivity index (χ4v) is 3.40. The second-order valence-electron chi connectivity index (χ2n) is 6.91. The second kappa shape index (κ2) is 6.97. The predicted molar refractivity (Wildman–Crippen MR) is 101 cm³/mol. The highest BCUT2D eigenvalue weighted by molar-refractivity contribution is 5.85. The van der Waals surface area contributed by atoms with E-state index < -0.39 is 11.7 Å². The molecule has 0 spiro atoms. The number of hydrogen-bond donors (Lipinski definition) is 2. The Labute approximate surface area is 167 Å². The number of benzene rings is 1. The van der Waals surface area contributed by atoms with Crippen LogP contribution in [0.5, 0.6) is 0 Å². The van der Waals surface area contributed by atoms with Gasteiger partial charge in [-0.2, -0.15) is 23.3 Å². The van der Waals surface area contributed by atoms with Crippen molar-refractivity contribution in [1.29, 1.82) is 0 Å². The molecule has 4 aromatic rings. The first-order valence-corrected chi connectivity index (χ1v) is 9.14. The predicted octanol–water partition coefficient (Wildman–Crippen LogP) is 3.11. The summed E-state index contributed by atoms with van der Waals surface area (Å²) < 4.78 is 43.4. The molecule has 12 heteroatoms. The van der Waals surface area contributed by atoms with E-state index in [0.29, 0.717) is 36.1 Å². The Morgan fingerprint density at radius 2 is 2.00 bits per heavy atom. The quantitative estimate of drug-likeness (QED) is 0.522. The molecule has 1 aromatic carbocycles. The van der Waals surface area contributed by atoms with Gasteiger partial charge in [0, 0.05) is 24.7 Å². The third kappa shape index (κ3) is 3.40. The van der Waals surface area contributed by atoms with Crippen LogP contribution in [0, 0.1) is 0 Å². The van der Waals surface area contributed by atoms with Crippen molar-refractivity contribution in [3.63, 3.8) is 0 Å². The number of aromatic amines is 1. The van der Waals surface area contributed by atoms with Crippen LogP contribution in [0.25, 0.3) is 22.5 Å². The standard InChI is InChI=1S/C18H15F3N8O/c19-18(20,21)11-3-1-10(2-4-11)16-26-17(28-30-16)29-6-5-12(8-29)25-14-13-7-24-27-15(13)23-9-22-14/h1-4,7,9,12H,5-6,8H2,(H2,22,23,24,25,27)/t12-/m0/s1. The van der Waals surface area contributed by atoms with Crippen LogP contribution in [0.2, 0.25) is 0 Å². The van der Waals surface area contributed by atoms with Crippen molar-refractivity contribution in [3.8, 4) is 11.5 Å². The maximum absolute atomic E-state index is 12.7. The van der Waals surface area contributed by atoms with Crippen molar-refractivity contribution in [2.45, 2.75) is 18.6 Å². The lowest BCUT2D eigenvalue weighted by atomic mass is 10.1. The van der Waals surface area contributed by atoms with Crippen LogP contribution in [0.15, 0.2) is 41.3 Å². The molecule has 1 aliphatic rings. The molecule has 1 aliphatic heterocycles. The Balaban J connectivity index is 1.27. The average Bonchev–Trinajstić information content (AvgIpc) is 3.48. The Morgan fingerprint density at radius 3 is 2.80 bits per heavy atom. The molecule has 9 nitrogen and oxygen atoms in total. The first-order valence-electron chi connectivity index (χ1n) is 9.14. The molecule has 4 heterocycles. The van der Waals surface area contributed by atoms with Gasteiger partial charge in [-0.05, 0) is 35.8 Å². The Morgan fingerprint density at radius 1 is 1.17 bits per heavy atom. The van der Waals surface area contributed by atoms with E-state index in [1.165, 1.54) is 18.5 Å². The van der Waals surface area contributed by atoms with Crippen LogP contribution < -0.4 is 10.2 Å². The van der Waals surface area contributed by atoms with Crippen LogP contribution in [0.1, 0.15) is 12.0 Å². The summed E-state index contributed by atoms with van der Waals surface area (Å²) in [6.45, 7) is 1.32. The van der Waals surface area contributed by atoms with E-state index in [9.17, 15) is 13.2 Å². The number of alkyl halides is 3. The van der Waals surface area contributed by atoms with Crippen molar-refractivity contribution >= 4 is 22.8 Å². The summed E-state index contributed by atoms with van der Waals surface area (Å²) in [5.41, 5.74) is 0.358. The molecule has 3 aromatic heterocycles. The summed E-state index contributed by atoms with van der Waals surface area (Å²) in [6.07, 6.45) is -0.430. The van der Waals surface area contributed by atoms with Gasteiger partial charge in [0.1, 0.15) is 12.1 Å². The number of fused-ring (bicyclic) bond motifs is 1. The number of hydrogen-bond acceptors (Lipinski definition) is 8. The molecule has 1 fully saturated rings. The largest absolute Gasteiger partial charge is 0.416 e. The maximum Gasteiger partial charge on any atom is 0.416 e. The lowest BCUT2D eigenvalue weighted by Gasteiger charge is -2.15. The Bertz CT molecular complexity index is 1170. The van der Waals surface area contributed by atoms with Gasteiger partial charge in [0.15, 0.2) is 5.65 Å². The normalized spacial score (nSPS) is 17.0. The molecular weight excluding hydrogens is 401 g/mol. The van der Waals surface area contributed by atoms with Gasteiger partial charge in [0.2, 0.25) is 0 Å². The minimum atomic E-state index is -4.39. The highest BCUT2D eigenvalue weighted by atomic mass is 19.4. The summed E-state index contributed by atoms with van der Waals surface area (Å²) in [4.78, 5) is 14.7. The minimum Gasteiger partial charge on any atom is -0.365 e. The van der Waals surface area contributed by atoms with Gasteiger partial charge in [0.05, 0.1) is 17.1 Å². The number of halogens is 3. The van der Waals surface area contributed by atoms with Crippen LogP contribution in [-0.4, -0.2) is 49.4 Å². The molecule has 2 N–H and O–H groups in total. The van der Waals surface area contributed by atoms with E-state index in [-0.39, 0.29) is 11.9 Å². The zero-order valence-corrected chi connectivity index (χ0v) is 15.4. The number of anilines is 2. The monoisotopic (exact) mass is 416 g/mol. The minimum absolute atomic E-state index is 0.103. The van der Waals surface area contributed by atoms with Crippen LogP contribution in [-0.2, 0) is 6.18 Å². The van der Waals surface area contributed by atoms with Crippen molar-refractivity contribution < 1.29 is 17.7 Å². The lowest BCUT2D eigenvalue weighted by molar-refractivity contribution is -0.137. The van der Waals surface area contributed by atoms with Gasteiger partial charge in [-0.1, -0.05) is 0 Å². The number of nitrogens with one attached hydrogen (secondary N) is 2. The molecule has 0 saturated carbocycles. The van der Waals surface area contributed by atoms with Gasteiger partial charge in [0.25, 0.3) is 11.8 Å². The fourth-order valence-electron chi connectivity index (χ4n) is 3.40. The van der Waals surface area contributed by atoms with Crippen LogP contribution in [0.3, 0.4) is 0 Å². The molecule has 0 amide bonds. The summed E-state index contributed by atoms with van der Waals surface area (Å²) in [5, 5.41) is 14.9. The zero-order valence-electron chi connectivity index (χ0n) is 15.4. The number of rotatable bonds is 4.